The molecule has 6 heteroatoms. The summed E-state index contributed by atoms with van der Waals surface area (Å²) in [5.74, 6) is 0.235. The first-order chi connectivity index (χ1) is 6.40. The van der Waals surface area contributed by atoms with Gasteiger partial charge in [-0.3, -0.25) is 4.90 Å². The van der Waals surface area contributed by atoms with E-state index in [2.05, 4.69) is 0 Å². The summed E-state index contributed by atoms with van der Waals surface area (Å²) in [5.41, 5.74) is 0. The van der Waals surface area contributed by atoms with E-state index in [1.165, 1.54) is 4.90 Å². The van der Waals surface area contributed by atoms with E-state index >= 15 is 0 Å². The second kappa shape index (κ2) is 4.68. The van der Waals surface area contributed by atoms with Gasteiger partial charge in [0.25, 0.3) is 0 Å². The maximum atomic E-state index is 12.1. The molecule has 84 valence electrons. The Hall–Kier alpha value is -0.0000000000000000208. The monoisotopic (exact) mass is 231 g/mol. The number of nitrogens with zero attached hydrogens (tertiary/aromatic N) is 1. The van der Waals surface area contributed by atoms with Crippen LogP contribution in [0, 0.1) is 0 Å². The maximum absolute atomic E-state index is 12.1. The topological polar surface area (TPSA) is 12.5 Å². The molecule has 1 fully saturated rings. The van der Waals surface area contributed by atoms with Gasteiger partial charge in [-0.15, -0.1) is 11.6 Å². The van der Waals surface area contributed by atoms with Crippen molar-refractivity contribution in [1.29, 1.82) is 0 Å². The van der Waals surface area contributed by atoms with E-state index in [1.807, 2.05) is 0 Å². The molecule has 0 aliphatic carbocycles. The smallest absolute Gasteiger partial charge is 0.371 e. The molecule has 1 heterocycles. The molecule has 0 aromatic rings. The van der Waals surface area contributed by atoms with Crippen molar-refractivity contribution in [3.05, 3.63) is 0 Å². The number of alkyl halides is 4. The minimum Gasteiger partial charge on any atom is -0.371 e. The van der Waals surface area contributed by atoms with Gasteiger partial charge in [-0.2, -0.15) is 13.2 Å². The second-order valence-electron chi connectivity index (χ2n) is 3.53. The minimum atomic E-state index is -4.14. The van der Waals surface area contributed by atoms with Crippen LogP contribution in [-0.2, 0) is 4.74 Å². The van der Waals surface area contributed by atoms with Crippen molar-refractivity contribution in [1.82, 2.24) is 4.90 Å². The summed E-state index contributed by atoms with van der Waals surface area (Å²) in [7, 11) is 0. The molecule has 1 aliphatic rings. The lowest BCUT2D eigenvalue weighted by Crippen LogP contribution is -2.50. The van der Waals surface area contributed by atoms with Crippen molar-refractivity contribution in [2.45, 2.75) is 25.3 Å². The number of hydrogen-bond donors (Lipinski definition) is 0. The molecule has 0 aromatic heterocycles. The molecule has 0 spiro atoms. The van der Waals surface area contributed by atoms with Gasteiger partial charge in [-0.1, -0.05) is 0 Å². The van der Waals surface area contributed by atoms with Crippen LogP contribution >= 0.6 is 11.6 Å². The number of halogens is 4. The number of hydrogen-bond acceptors (Lipinski definition) is 2. The summed E-state index contributed by atoms with van der Waals surface area (Å²) in [6, 6.07) is 0. The third kappa shape index (κ3) is 4.02. The molecule has 0 amide bonds. The van der Waals surface area contributed by atoms with Crippen LogP contribution in [0.2, 0.25) is 0 Å². The third-order valence-electron chi connectivity index (χ3n) is 1.98. The maximum Gasteiger partial charge on any atom is 0.401 e. The summed E-state index contributed by atoms with van der Waals surface area (Å²) in [5, 5.41) is 0. The van der Waals surface area contributed by atoms with Crippen LogP contribution in [0.25, 0.3) is 0 Å². The lowest BCUT2D eigenvalue weighted by atomic mass is 10.2. The van der Waals surface area contributed by atoms with E-state index in [9.17, 15) is 13.2 Å². The highest BCUT2D eigenvalue weighted by molar-refractivity contribution is 6.18. The van der Waals surface area contributed by atoms with Crippen molar-refractivity contribution in [2.75, 3.05) is 25.5 Å². The van der Waals surface area contributed by atoms with Gasteiger partial charge in [0.2, 0.25) is 0 Å². The highest BCUT2D eigenvalue weighted by atomic mass is 35.5. The molecule has 1 saturated heterocycles. The van der Waals surface area contributed by atoms with E-state index in [0.717, 1.165) is 0 Å². The van der Waals surface area contributed by atoms with E-state index in [-0.39, 0.29) is 24.6 Å². The Labute approximate surface area is 86.0 Å². The molecule has 0 N–H and O–H groups in total. The van der Waals surface area contributed by atoms with E-state index in [4.69, 9.17) is 16.3 Å². The molecule has 0 saturated carbocycles. The van der Waals surface area contributed by atoms with Gasteiger partial charge >= 0.3 is 6.18 Å². The molecule has 0 aromatic carbocycles. The SMILES string of the molecule is CC1CN(CC(F)(F)F)CC(CCl)O1. The van der Waals surface area contributed by atoms with Crippen LogP contribution in [0.15, 0.2) is 0 Å². The average molecular weight is 232 g/mol. The zero-order valence-electron chi connectivity index (χ0n) is 7.85. The highest BCUT2D eigenvalue weighted by Gasteiger charge is 2.34. The van der Waals surface area contributed by atoms with Crippen molar-refractivity contribution in [3.63, 3.8) is 0 Å². The van der Waals surface area contributed by atoms with Gasteiger partial charge in [0.05, 0.1) is 18.8 Å². The standard InChI is InChI=1S/C8H13ClF3NO/c1-6-3-13(5-8(10,11)12)4-7(2-9)14-6/h6-7H,2-5H2,1H3. The Morgan fingerprint density at radius 3 is 2.57 bits per heavy atom. The Balaban J connectivity index is 2.45. The van der Waals surface area contributed by atoms with Crippen LogP contribution < -0.4 is 0 Å². The van der Waals surface area contributed by atoms with Gasteiger partial charge in [0, 0.05) is 19.0 Å². The van der Waals surface area contributed by atoms with Crippen molar-refractivity contribution in [3.8, 4) is 0 Å². The van der Waals surface area contributed by atoms with Gasteiger partial charge in [-0.25, -0.2) is 0 Å². The van der Waals surface area contributed by atoms with Gasteiger partial charge in [-0.05, 0) is 6.92 Å². The zero-order valence-corrected chi connectivity index (χ0v) is 8.61. The van der Waals surface area contributed by atoms with E-state index in [1.54, 1.807) is 6.92 Å². The molecule has 1 aliphatic heterocycles. The molecular weight excluding hydrogens is 219 g/mol. The first kappa shape index (κ1) is 12.1. The summed E-state index contributed by atoms with van der Waals surface area (Å²) in [6.07, 6.45) is -4.62. The first-order valence-electron chi connectivity index (χ1n) is 4.41. The largest absolute Gasteiger partial charge is 0.401 e. The number of rotatable bonds is 2. The van der Waals surface area contributed by atoms with Crippen LogP contribution in [-0.4, -0.2) is 48.8 Å². The van der Waals surface area contributed by atoms with Crippen molar-refractivity contribution >= 4 is 11.6 Å². The lowest BCUT2D eigenvalue weighted by Gasteiger charge is -2.36. The number of ether oxygens (including phenoxy) is 1. The third-order valence-corrected chi connectivity index (χ3v) is 2.32. The van der Waals surface area contributed by atoms with Crippen LogP contribution in [0.3, 0.4) is 0 Å². The van der Waals surface area contributed by atoms with Crippen LogP contribution in [0.4, 0.5) is 13.2 Å². The fourth-order valence-corrected chi connectivity index (χ4v) is 1.78. The molecule has 2 unspecified atom stereocenters. The summed E-state index contributed by atoms with van der Waals surface area (Å²) >= 11 is 5.55. The predicted molar refractivity (Wildman–Crippen MR) is 47.6 cm³/mol. The Morgan fingerprint density at radius 2 is 2.07 bits per heavy atom. The van der Waals surface area contributed by atoms with E-state index in [0.29, 0.717) is 6.54 Å². The normalized spacial score (nSPS) is 30.6. The predicted octanol–water partition coefficient (Wildman–Crippen LogP) is 1.88. The molecule has 2 atom stereocenters. The molecule has 14 heavy (non-hydrogen) atoms. The molecule has 0 bridgehead atoms. The van der Waals surface area contributed by atoms with Crippen molar-refractivity contribution < 1.29 is 17.9 Å². The van der Waals surface area contributed by atoms with Crippen LogP contribution in [0.5, 0.6) is 0 Å². The fraction of sp³-hybridized carbons (Fsp3) is 1.00. The Morgan fingerprint density at radius 1 is 1.43 bits per heavy atom. The summed E-state index contributed by atoms with van der Waals surface area (Å²) in [6.45, 7) is 1.44. The van der Waals surface area contributed by atoms with Gasteiger partial charge in [0.1, 0.15) is 0 Å². The summed E-state index contributed by atoms with van der Waals surface area (Å²) in [4.78, 5) is 1.33. The van der Waals surface area contributed by atoms with Gasteiger partial charge < -0.3 is 4.74 Å². The van der Waals surface area contributed by atoms with Crippen molar-refractivity contribution in [2.24, 2.45) is 0 Å². The fourth-order valence-electron chi connectivity index (χ4n) is 1.61. The lowest BCUT2D eigenvalue weighted by molar-refractivity contribution is -0.165. The highest BCUT2D eigenvalue weighted by Crippen LogP contribution is 2.20. The Kier molecular flexibility index (Phi) is 4.04. The molecule has 0 radical (unpaired) electrons. The molecule has 1 rings (SSSR count). The molecule has 2 nitrogen and oxygen atoms in total. The minimum absolute atomic E-state index is 0.185. The summed E-state index contributed by atoms with van der Waals surface area (Å²) < 4.78 is 41.6. The molecular formula is C8H13ClF3NO. The quantitative estimate of drug-likeness (QED) is 0.673. The zero-order chi connectivity index (χ0) is 10.8. The average Bonchev–Trinajstić information content (AvgIpc) is 1.99. The van der Waals surface area contributed by atoms with Gasteiger partial charge in [0.15, 0.2) is 0 Å². The van der Waals surface area contributed by atoms with Crippen LogP contribution in [0.1, 0.15) is 6.92 Å². The first-order valence-corrected chi connectivity index (χ1v) is 4.94. The van der Waals surface area contributed by atoms with E-state index < -0.39 is 12.7 Å². The number of morpholine rings is 1. The second-order valence-corrected chi connectivity index (χ2v) is 3.84. The Bertz CT molecular complexity index is 188.